The second kappa shape index (κ2) is 8.10. The first kappa shape index (κ1) is 20.4. The summed E-state index contributed by atoms with van der Waals surface area (Å²) in [6.45, 7) is 4.83. The molecule has 1 aliphatic rings. The molecule has 3 N–H and O–H groups in total. The second-order valence-corrected chi connectivity index (χ2v) is 9.65. The summed E-state index contributed by atoms with van der Waals surface area (Å²) in [5, 5.41) is 4.88. The molecule has 1 atom stereocenters. The zero-order valence-electron chi connectivity index (χ0n) is 16.1. The van der Waals surface area contributed by atoms with Gasteiger partial charge in [-0.3, -0.25) is 4.79 Å². The monoisotopic (exact) mass is 448 g/mol. The zero-order chi connectivity index (χ0) is 20.6. The minimum atomic E-state index is -0.180. The van der Waals surface area contributed by atoms with Crippen molar-refractivity contribution in [3.63, 3.8) is 0 Å². The van der Waals surface area contributed by atoms with Crippen LogP contribution in [0.5, 0.6) is 0 Å². The third-order valence-electron chi connectivity index (χ3n) is 5.05. The van der Waals surface area contributed by atoms with E-state index in [1.165, 1.54) is 17.3 Å². The van der Waals surface area contributed by atoms with Crippen molar-refractivity contribution in [2.75, 3.05) is 16.8 Å². The maximum atomic E-state index is 12.2. The van der Waals surface area contributed by atoms with E-state index >= 15 is 0 Å². The third-order valence-corrected chi connectivity index (χ3v) is 7.25. The van der Waals surface area contributed by atoms with Crippen molar-refractivity contribution in [2.24, 2.45) is 0 Å². The molecule has 2 aromatic heterocycles. The number of nitrogens with two attached hydrogens (primary N) is 1. The smallest absolute Gasteiger partial charge is 0.234 e. The molecule has 1 aliphatic heterocycles. The summed E-state index contributed by atoms with van der Waals surface area (Å²) >= 11 is 8.72. The number of ether oxygens (including phenoxy) is 1. The molecule has 0 radical (unpaired) electrons. The van der Waals surface area contributed by atoms with E-state index in [0.29, 0.717) is 28.3 Å². The minimum Gasteiger partial charge on any atom is -0.383 e. The normalized spacial score (nSPS) is 18.6. The number of hydrogen-bond acceptors (Lipinski definition) is 7. The summed E-state index contributed by atoms with van der Waals surface area (Å²) in [4.78, 5) is 23.3. The summed E-state index contributed by atoms with van der Waals surface area (Å²) in [7, 11) is 0. The maximum absolute atomic E-state index is 12.2. The van der Waals surface area contributed by atoms with Crippen LogP contribution in [0.1, 0.15) is 30.7 Å². The van der Waals surface area contributed by atoms with Crippen LogP contribution >= 0.6 is 34.7 Å². The van der Waals surface area contributed by atoms with Crippen molar-refractivity contribution < 1.29 is 9.53 Å². The van der Waals surface area contributed by atoms with Crippen molar-refractivity contribution in [1.29, 1.82) is 0 Å². The van der Waals surface area contributed by atoms with Crippen molar-refractivity contribution >= 4 is 62.3 Å². The van der Waals surface area contributed by atoms with Gasteiger partial charge < -0.3 is 15.8 Å². The Morgan fingerprint density at radius 1 is 1.38 bits per heavy atom. The van der Waals surface area contributed by atoms with Crippen LogP contribution in [-0.4, -0.2) is 27.2 Å². The number of rotatable bonds is 5. The first-order chi connectivity index (χ1) is 13.9. The topological polar surface area (TPSA) is 90.1 Å². The van der Waals surface area contributed by atoms with Crippen molar-refractivity contribution in [2.45, 2.75) is 44.1 Å². The van der Waals surface area contributed by atoms with Crippen molar-refractivity contribution in [3.05, 3.63) is 39.7 Å². The summed E-state index contributed by atoms with van der Waals surface area (Å²) in [6.07, 6.45) is 1.74. The van der Waals surface area contributed by atoms with Gasteiger partial charge in [0.1, 0.15) is 10.6 Å². The standard InChI is InChI=1S/C20H21ClN4O2S2/c1-3-20(2)8-13-14(9-27-20)29-18-16(13)17(22)24-19(25-18)28-10-15(26)23-12-6-4-11(21)5-7-12/h4-7H,3,8-10H2,1-2H3,(H,23,26)(H2,22,24,25)/t20-/m0/s1. The fourth-order valence-corrected chi connectivity index (χ4v) is 5.18. The van der Waals surface area contributed by atoms with Crippen LogP contribution < -0.4 is 11.1 Å². The lowest BCUT2D eigenvalue weighted by Crippen LogP contribution is -2.33. The average molecular weight is 449 g/mol. The number of carbonyl (C=O) groups is 1. The van der Waals surface area contributed by atoms with Gasteiger partial charge >= 0.3 is 0 Å². The van der Waals surface area contributed by atoms with Gasteiger partial charge in [0.05, 0.1) is 23.3 Å². The quantitative estimate of drug-likeness (QED) is 0.426. The van der Waals surface area contributed by atoms with E-state index in [1.807, 2.05) is 0 Å². The highest BCUT2D eigenvalue weighted by Crippen LogP contribution is 2.41. The fourth-order valence-electron chi connectivity index (χ4n) is 3.23. The van der Waals surface area contributed by atoms with Gasteiger partial charge in [-0.1, -0.05) is 30.3 Å². The minimum absolute atomic E-state index is 0.142. The number of thioether (sulfide) groups is 1. The average Bonchev–Trinajstić information content (AvgIpc) is 3.06. The first-order valence-electron chi connectivity index (χ1n) is 9.27. The van der Waals surface area contributed by atoms with Crippen LogP contribution in [0.3, 0.4) is 0 Å². The van der Waals surface area contributed by atoms with Gasteiger partial charge in [0.2, 0.25) is 5.91 Å². The number of benzene rings is 1. The van der Waals surface area contributed by atoms with Crippen LogP contribution in [0.2, 0.25) is 5.02 Å². The summed E-state index contributed by atoms with van der Waals surface area (Å²) in [5.41, 5.74) is 8.01. The number of anilines is 2. The molecule has 0 spiro atoms. The van der Waals surface area contributed by atoms with Crippen molar-refractivity contribution in [3.8, 4) is 0 Å². The highest BCUT2D eigenvalue weighted by molar-refractivity contribution is 7.99. The number of nitrogens with zero attached hydrogens (tertiary/aromatic N) is 2. The number of halogens is 1. The van der Waals surface area contributed by atoms with E-state index < -0.39 is 0 Å². The number of carbonyl (C=O) groups excluding carboxylic acids is 1. The lowest BCUT2D eigenvalue weighted by atomic mass is 9.90. The number of thiophene rings is 1. The number of nitrogen functional groups attached to an aromatic ring is 1. The Labute approximate surface area is 182 Å². The number of hydrogen-bond donors (Lipinski definition) is 2. The van der Waals surface area contributed by atoms with E-state index in [1.54, 1.807) is 35.6 Å². The molecule has 6 nitrogen and oxygen atoms in total. The highest BCUT2D eigenvalue weighted by atomic mass is 35.5. The summed E-state index contributed by atoms with van der Waals surface area (Å²) in [6, 6.07) is 6.98. The van der Waals surface area contributed by atoms with Crippen LogP contribution in [0, 0.1) is 0 Å². The third kappa shape index (κ3) is 4.35. The van der Waals surface area contributed by atoms with Crippen LogP contribution in [0.15, 0.2) is 29.4 Å². The van der Waals surface area contributed by atoms with Gasteiger partial charge in [-0.05, 0) is 43.2 Å². The number of aromatic nitrogens is 2. The Balaban J connectivity index is 1.49. The fraction of sp³-hybridized carbons (Fsp3) is 0.350. The molecule has 0 fully saturated rings. The SMILES string of the molecule is CC[C@@]1(C)Cc2c(sc3nc(SCC(=O)Nc4ccc(Cl)cc4)nc(N)c23)CO1. The largest absolute Gasteiger partial charge is 0.383 e. The Morgan fingerprint density at radius 2 is 2.14 bits per heavy atom. The van der Waals surface area contributed by atoms with Crippen LogP contribution in [-0.2, 0) is 22.6 Å². The molecule has 3 heterocycles. The predicted octanol–water partition coefficient (Wildman–Crippen LogP) is 4.90. The van der Waals surface area contributed by atoms with E-state index in [9.17, 15) is 4.79 Å². The van der Waals surface area contributed by atoms with E-state index in [2.05, 4.69) is 29.1 Å². The molecule has 0 bridgehead atoms. The Kier molecular flexibility index (Phi) is 5.70. The molecule has 0 saturated carbocycles. The summed E-state index contributed by atoms with van der Waals surface area (Å²) < 4.78 is 6.04. The first-order valence-corrected chi connectivity index (χ1v) is 11.4. The van der Waals surface area contributed by atoms with Gasteiger partial charge in [-0.15, -0.1) is 11.3 Å². The van der Waals surface area contributed by atoms with Gasteiger partial charge in [-0.2, -0.15) is 0 Å². The van der Waals surface area contributed by atoms with Gasteiger partial charge in [0, 0.05) is 22.0 Å². The van der Waals surface area contributed by atoms with Crippen LogP contribution in [0.4, 0.5) is 11.5 Å². The molecule has 1 aromatic carbocycles. The van der Waals surface area contributed by atoms with E-state index in [4.69, 9.17) is 22.1 Å². The number of fused-ring (bicyclic) bond motifs is 3. The highest BCUT2D eigenvalue weighted by Gasteiger charge is 2.33. The maximum Gasteiger partial charge on any atom is 0.234 e. The molecule has 9 heteroatoms. The van der Waals surface area contributed by atoms with Gasteiger partial charge in [0.25, 0.3) is 0 Å². The molecular weight excluding hydrogens is 428 g/mol. The van der Waals surface area contributed by atoms with E-state index in [-0.39, 0.29) is 17.3 Å². The molecular formula is C20H21ClN4O2S2. The molecule has 4 rings (SSSR count). The molecule has 1 amide bonds. The Hall–Kier alpha value is -1.87. The molecule has 0 aliphatic carbocycles. The van der Waals surface area contributed by atoms with E-state index in [0.717, 1.165) is 27.9 Å². The molecule has 29 heavy (non-hydrogen) atoms. The molecule has 3 aromatic rings. The van der Waals surface area contributed by atoms with Crippen molar-refractivity contribution in [1.82, 2.24) is 9.97 Å². The number of nitrogens with one attached hydrogen (secondary N) is 1. The van der Waals surface area contributed by atoms with Gasteiger partial charge in [-0.25, -0.2) is 9.97 Å². The molecule has 0 unspecified atom stereocenters. The zero-order valence-corrected chi connectivity index (χ0v) is 18.5. The van der Waals surface area contributed by atoms with Crippen LogP contribution in [0.25, 0.3) is 10.2 Å². The summed E-state index contributed by atoms with van der Waals surface area (Å²) in [5.74, 6) is 0.515. The predicted molar refractivity (Wildman–Crippen MR) is 120 cm³/mol. The lowest BCUT2D eigenvalue weighted by molar-refractivity contribution is -0.113. The molecule has 152 valence electrons. The Morgan fingerprint density at radius 3 is 2.86 bits per heavy atom. The van der Waals surface area contributed by atoms with Gasteiger partial charge in [0.15, 0.2) is 5.16 Å². The Bertz CT molecular complexity index is 1070. The number of amides is 1. The molecule has 0 saturated heterocycles. The second-order valence-electron chi connectivity index (χ2n) is 7.19. The lowest BCUT2D eigenvalue weighted by Gasteiger charge is -2.33.